The largest absolute Gasteiger partial charge is 0.290 e. The van der Waals surface area contributed by atoms with Crippen molar-refractivity contribution in [2.24, 2.45) is 5.84 Å². The Labute approximate surface area is 79.9 Å². The number of benzene rings is 1. The summed E-state index contributed by atoms with van der Waals surface area (Å²) in [6.45, 7) is 0. The van der Waals surface area contributed by atoms with Crippen LogP contribution in [0.5, 0.6) is 0 Å². The lowest BCUT2D eigenvalue weighted by atomic mass is 10.2. The lowest BCUT2D eigenvalue weighted by molar-refractivity contribution is 0.0954. The first-order chi connectivity index (χ1) is 6.81. The molecule has 0 fully saturated rings. The number of hydrazine groups is 1. The van der Waals surface area contributed by atoms with Crippen LogP contribution in [-0.2, 0) is 0 Å². The van der Waals surface area contributed by atoms with Crippen molar-refractivity contribution in [2.45, 2.75) is 0 Å². The van der Waals surface area contributed by atoms with Crippen LogP contribution in [0, 0.1) is 0 Å². The number of fused-ring (bicyclic) bond motifs is 1. The van der Waals surface area contributed by atoms with E-state index in [0.717, 1.165) is 5.52 Å². The highest BCUT2D eigenvalue weighted by Crippen LogP contribution is 2.10. The molecule has 2 aromatic rings. The van der Waals surface area contributed by atoms with Crippen LogP contribution in [0.25, 0.3) is 11.0 Å². The third-order valence-corrected chi connectivity index (χ3v) is 1.86. The Morgan fingerprint density at radius 2 is 1.93 bits per heavy atom. The molecule has 5 nitrogen and oxygen atoms in total. The number of rotatable bonds is 1. The van der Waals surface area contributed by atoms with Crippen molar-refractivity contribution in [3.63, 3.8) is 0 Å². The van der Waals surface area contributed by atoms with Crippen molar-refractivity contribution in [1.82, 2.24) is 15.4 Å². The summed E-state index contributed by atoms with van der Waals surface area (Å²) >= 11 is 0. The SMILES string of the molecule is NNC(=O)c1ccc2nccnc2c1. The lowest BCUT2D eigenvalue weighted by Crippen LogP contribution is -2.29. The third kappa shape index (κ3) is 1.40. The number of nitrogens with one attached hydrogen (secondary N) is 1. The molecule has 1 heterocycles. The number of amides is 1. The Balaban J connectivity index is 2.56. The van der Waals surface area contributed by atoms with E-state index in [9.17, 15) is 4.79 Å². The fourth-order valence-electron chi connectivity index (χ4n) is 1.19. The van der Waals surface area contributed by atoms with E-state index < -0.39 is 0 Å². The summed E-state index contributed by atoms with van der Waals surface area (Å²) in [6, 6.07) is 5.02. The molecule has 0 bridgehead atoms. The molecule has 1 aromatic heterocycles. The average Bonchev–Trinajstić information content (AvgIpc) is 2.27. The number of nitrogen functional groups attached to an aromatic ring is 1. The molecule has 0 spiro atoms. The number of nitrogens with two attached hydrogens (primary N) is 1. The number of hydrogen-bond acceptors (Lipinski definition) is 4. The summed E-state index contributed by atoms with van der Waals surface area (Å²) in [4.78, 5) is 19.3. The highest BCUT2D eigenvalue weighted by atomic mass is 16.2. The Morgan fingerprint density at radius 1 is 1.21 bits per heavy atom. The van der Waals surface area contributed by atoms with Crippen molar-refractivity contribution in [2.75, 3.05) is 0 Å². The van der Waals surface area contributed by atoms with Gasteiger partial charge < -0.3 is 0 Å². The third-order valence-electron chi connectivity index (χ3n) is 1.86. The topological polar surface area (TPSA) is 80.9 Å². The van der Waals surface area contributed by atoms with Crippen molar-refractivity contribution in [1.29, 1.82) is 0 Å². The zero-order valence-electron chi connectivity index (χ0n) is 7.27. The predicted octanol–water partition coefficient (Wildman–Crippen LogP) is 0.233. The van der Waals surface area contributed by atoms with Gasteiger partial charge in [-0.2, -0.15) is 0 Å². The molecule has 1 aromatic carbocycles. The summed E-state index contributed by atoms with van der Waals surface area (Å²) in [5.41, 5.74) is 3.96. The Morgan fingerprint density at radius 3 is 2.64 bits per heavy atom. The minimum atomic E-state index is -0.336. The van der Waals surface area contributed by atoms with Gasteiger partial charge in [-0.1, -0.05) is 0 Å². The van der Waals surface area contributed by atoms with Crippen LogP contribution >= 0.6 is 0 Å². The summed E-state index contributed by atoms with van der Waals surface area (Å²) in [7, 11) is 0. The Bertz CT molecular complexity index is 483. The molecule has 0 radical (unpaired) electrons. The van der Waals surface area contributed by atoms with Crippen molar-refractivity contribution >= 4 is 16.9 Å². The molecule has 0 aliphatic carbocycles. The van der Waals surface area contributed by atoms with Crippen molar-refractivity contribution in [3.8, 4) is 0 Å². The zero-order valence-corrected chi connectivity index (χ0v) is 7.27. The van der Waals surface area contributed by atoms with E-state index in [-0.39, 0.29) is 5.91 Å². The molecule has 0 atom stereocenters. The maximum Gasteiger partial charge on any atom is 0.265 e. The van der Waals surface area contributed by atoms with E-state index >= 15 is 0 Å². The van der Waals surface area contributed by atoms with E-state index in [1.165, 1.54) is 0 Å². The molecule has 3 N–H and O–H groups in total. The summed E-state index contributed by atoms with van der Waals surface area (Å²) in [6.07, 6.45) is 3.18. The van der Waals surface area contributed by atoms with Gasteiger partial charge in [-0.3, -0.25) is 20.2 Å². The van der Waals surface area contributed by atoms with Gasteiger partial charge in [0.2, 0.25) is 0 Å². The quantitative estimate of drug-likeness (QED) is 0.381. The van der Waals surface area contributed by atoms with Gasteiger partial charge in [0.05, 0.1) is 11.0 Å². The van der Waals surface area contributed by atoms with Gasteiger partial charge in [-0.05, 0) is 18.2 Å². The van der Waals surface area contributed by atoms with Crippen LogP contribution in [0.1, 0.15) is 10.4 Å². The first-order valence-corrected chi connectivity index (χ1v) is 4.03. The minimum Gasteiger partial charge on any atom is -0.290 e. The van der Waals surface area contributed by atoms with E-state index in [0.29, 0.717) is 11.1 Å². The van der Waals surface area contributed by atoms with Crippen molar-refractivity contribution in [3.05, 3.63) is 36.2 Å². The second-order valence-corrected chi connectivity index (χ2v) is 2.73. The van der Waals surface area contributed by atoms with Crippen molar-refractivity contribution < 1.29 is 4.79 Å². The fraction of sp³-hybridized carbons (Fsp3) is 0. The second-order valence-electron chi connectivity index (χ2n) is 2.73. The molecule has 2 rings (SSSR count). The summed E-state index contributed by atoms with van der Waals surface area (Å²) in [5.74, 6) is 4.68. The van der Waals surface area contributed by atoms with Crippen LogP contribution in [0.15, 0.2) is 30.6 Å². The molecule has 0 aliphatic heterocycles. The average molecular weight is 188 g/mol. The molecule has 1 amide bonds. The van der Waals surface area contributed by atoms with Crippen LogP contribution < -0.4 is 11.3 Å². The van der Waals surface area contributed by atoms with Gasteiger partial charge >= 0.3 is 0 Å². The fourth-order valence-corrected chi connectivity index (χ4v) is 1.19. The van der Waals surface area contributed by atoms with Crippen LogP contribution in [0.4, 0.5) is 0 Å². The predicted molar refractivity (Wildman–Crippen MR) is 51.2 cm³/mol. The monoisotopic (exact) mass is 188 g/mol. The van der Waals surface area contributed by atoms with Crippen LogP contribution in [0.3, 0.4) is 0 Å². The Kier molecular flexibility index (Phi) is 2.08. The molecular weight excluding hydrogens is 180 g/mol. The van der Waals surface area contributed by atoms with E-state index in [1.54, 1.807) is 30.6 Å². The molecule has 0 saturated carbocycles. The Hall–Kier alpha value is -2.01. The number of aromatic nitrogens is 2. The highest BCUT2D eigenvalue weighted by Gasteiger charge is 2.04. The minimum absolute atomic E-state index is 0.336. The van der Waals surface area contributed by atoms with Gasteiger partial charge in [-0.25, -0.2) is 5.84 Å². The van der Waals surface area contributed by atoms with E-state index in [4.69, 9.17) is 5.84 Å². The summed E-state index contributed by atoms with van der Waals surface area (Å²) < 4.78 is 0. The normalized spacial score (nSPS) is 10.1. The highest BCUT2D eigenvalue weighted by molar-refractivity contribution is 5.96. The first kappa shape index (κ1) is 8.58. The van der Waals surface area contributed by atoms with Gasteiger partial charge in [-0.15, -0.1) is 0 Å². The standard InChI is InChI=1S/C9H8N4O/c10-13-9(14)6-1-2-7-8(5-6)12-4-3-11-7/h1-5H,10H2,(H,13,14). The van der Waals surface area contributed by atoms with Gasteiger partial charge in [0.1, 0.15) is 0 Å². The smallest absolute Gasteiger partial charge is 0.265 e. The molecule has 0 aliphatic rings. The maximum absolute atomic E-state index is 11.2. The number of carbonyl (C=O) groups excluding carboxylic acids is 1. The first-order valence-electron chi connectivity index (χ1n) is 4.03. The molecule has 14 heavy (non-hydrogen) atoms. The number of carbonyl (C=O) groups is 1. The van der Waals surface area contributed by atoms with E-state index in [1.807, 2.05) is 0 Å². The van der Waals surface area contributed by atoms with Crippen LogP contribution in [-0.4, -0.2) is 15.9 Å². The summed E-state index contributed by atoms with van der Waals surface area (Å²) in [5, 5.41) is 0. The maximum atomic E-state index is 11.2. The van der Waals surface area contributed by atoms with Gasteiger partial charge in [0.25, 0.3) is 5.91 Å². The van der Waals surface area contributed by atoms with Crippen LogP contribution in [0.2, 0.25) is 0 Å². The second kappa shape index (κ2) is 3.39. The lowest BCUT2D eigenvalue weighted by Gasteiger charge is -2.00. The zero-order chi connectivity index (χ0) is 9.97. The number of hydrogen-bond donors (Lipinski definition) is 2. The molecule has 0 saturated heterocycles. The molecular formula is C9H8N4O. The molecule has 0 unspecified atom stereocenters. The molecule has 70 valence electrons. The van der Waals surface area contributed by atoms with E-state index in [2.05, 4.69) is 15.4 Å². The number of nitrogens with zero attached hydrogens (tertiary/aromatic N) is 2. The molecule has 5 heteroatoms. The van der Waals surface area contributed by atoms with Gasteiger partial charge in [0, 0.05) is 18.0 Å². The van der Waals surface area contributed by atoms with Gasteiger partial charge in [0.15, 0.2) is 0 Å².